The first-order valence-corrected chi connectivity index (χ1v) is 5.25. The fraction of sp³-hybridized carbons (Fsp3) is 0.111. The number of allylic oxidation sites excluding steroid dienone is 1. The Morgan fingerprint density at radius 3 is 2.83 bits per heavy atom. The third kappa shape index (κ3) is 2.10. The molecule has 0 nitrogen and oxygen atoms in total. The molecule has 0 bridgehead atoms. The molecule has 1 aromatic carbocycles. The van der Waals surface area contributed by atoms with Gasteiger partial charge in [-0.05, 0) is 39.3 Å². The van der Waals surface area contributed by atoms with Crippen molar-refractivity contribution in [3.05, 3.63) is 39.8 Å². The molecule has 0 heterocycles. The van der Waals surface area contributed by atoms with Gasteiger partial charge in [0.15, 0.2) is 0 Å². The van der Waals surface area contributed by atoms with E-state index in [0.717, 1.165) is 21.2 Å². The zero-order valence-corrected chi connectivity index (χ0v) is 9.98. The van der Waals surface area contributed by atoms with E-state index in [9.17, 15) is 0 Å². The molecule has 1 unspecified atom stereocenters. The van der Waals surface area contributed by atoms with Gasteiger partial charge in [-0.3, -0.25) is 0 Å². The maximum absolute atomic E-state index is 5.93. The SMILES string of the molecule is C=CCc1c(P)ccc(Cl)c1Br. The summed E-state index contributed by atoms with van der Waals surface area (Å²) in [5.41, 5.74) is 1.18. The number of benzene rings is 1. The van der Waals surface area contributed by atoms with Gasteiger partial charge in [-0.15, -0.1) is 15.8 Å². The highest BCUT2D eigenvalue weighted by atomic mass is 79.9. The molecule has 0 spiro atoms. The molecule has 0 amide bonds. The van der Waals surface area contributed by atoms with Crippen LogP contribution in [0.3, 0.4) is 0 Å². The second-order valence-corrected chi connectivity index (χ2v) is 4.24. The Morgan fingerprint density at radius 2 is 2.25 bits per heavy atom. The lowest BCUT2D eigenvalue weighted by Crippen LogP contribution is -2.01. The predicted molar refractivity (Wildman–Crippen MR) is 62.4 cm³/mol. The summed E-state index contributed by atoms with van der Waals surface area (Å²) in [5, 5.41) is 1.91. The normalized spacial score (nSPS) is 9.92. The van der Waals surface area contributed by atoms with Gasteiger partial charge in [-0.25, -0.2) is 0 Å². The monoisotopic (exact) mass is 262 g/mol. The van der Waals surface area contributed by atoms with Crippen LogP contribution in [-0.2, 0) is 6.42 Å². The number of halogens is 2. The van der Waals surface area contributed by atoms with Crippen molar-refractivity contribution in [1.29, 1.82) is 0 Å². The van der Waals surface area contributed by atoms with Crippen molar-refractivity contribution in [3.63, 3.8) is 0 Å². The molecule has 1 atom stereocenters. The van der Waals surface area contributed by atoms with E-state index in [1.54, 1.807) is 0 Å². The summed E-state index contributed by atoms with van der Waals surface area (Å²) in [6, 6.07) is 3.86. The third-order valence-corrected chi connectivity index (χ3v) is 3.57. The molecule has 0 fully saturated rings. The van der Waals surface area contributed by atoms with Crippen LogP contribution in [0.4, 0.5) is 0 Å². The fourth-order valence-electron chi connectivity index (χ4n) is 0.959. The Kier molecular flexibility index (Phi) is 3.77. The molecule has 12 heavy (non-hydrogen) atoms. The van der Waals surface area contributed by atoms with E-state index >= 15 is 0 Å². The van der Waals surface area contributed by atoms with Gasteiger partial charge in [-0.1, -0.05) is 23.7 Å². The lowest BCUT2D eigenvalue weighted by molar-refractivity contribution is 1.28. The summed E-state index contributed by atoms with van der Waals surface area (Å²) < 4.78 is 0.969. The highest BCUT2D eigenvalue weighted by Crippen LogP contribution is 2.26. The smallest absolute Gasteiger partial charge is 0.0551 e. The summed E-state index contributed by atoms with van der Waals surface area (Å²) in [7, 11) is 2.68. The Bertz CT molecular complexity index is 310. The molecule has 0 N–H and O–H groups in total. The van der Waals surface area contributed by atoms with E-state index in [0.29, 0.717) is 0 Å². The van der Waals surface area contributed by atoms with E-state index in [4.69, 9.17) is 11.6 Å². The van der Waals surface area contributed by atoms with Crippen molar-refractivity contribution in [2.45, 2.75) is 6.42 Å². The van der Waals surface area contributed by atoms with Crippen LogP contribution in [0.25, 0.3) is 0 Å². The average Bonchev–Trinajstić information content (AvgIpc) is 2.06. The second kappa shape index (κ2) is 4.41. The maximum Gasteiger partial charge on any atom is 0.0551 e. The lowest BCUT2D eigenvalue weighted by atomic mass is 10.1. The lowest BCUT2D eigenvalue weighted by Gasteiger charge is -2.06. The van der Waals surface area contributed by atoms with Gasteiger partial charge in [0.2, 0.25) is 0 Å². The molecule has 64 valence electrons. The molecule has 0 radical (unpaired) electrons. The van der Waals surface area contributed by atoms with Gasteiger partial charge >= 0.3 is 0 Å². The van der Waals surface area contributed by atoms with Crippen LogP contribution in [0, 0.1) is 0 Å². The minimum Gasteiger partial charge on any atom is -0.105 e. The number of hydrogen-bond acceptors (Lipinski definition) is 0. The average molecular weight is 264 g/mol. The van der Waals surface area contributed by atoms with Gasteiger partial charge in [0, 0.05) is 4.47 Å². The Balaban J connectivity index is 3.22. The van der Waals surface area contributed by atoms with Gasteiger partial charge < -0.3 is 0 Å². The predicted octanol–water partition coefficient (Wildman–Crippen LogP) is 3.33. The van der Waals surface area contributed by atoms with Crippen molar-refractivity contribution >= 4 is 42.1 Å². The molecule has 0 saturated heterocycles. The van der Waals surface area contributed by atoms with E-state index in [2.05, 4.69) is 31.7 Å². The summed E-state index contributed by atoms with van der Waals surface area (Å²) in [5.74, 6) is 0. The third-order valence-electron chi connectivity index (χ3n) is 1.58. The summed E-state index contributed by atoms with van der Waals surface area (Å²) in [6.07, 6.45) is 2.70. The molecule has 3 heteroatoms. The van der Waals surface area contributed by atoms with E-state index in [1.807, 2.05) is 18.2 Å². The zero-order valence-electron chi connectivity index (χ0n) is 6.48. The van der Waals surface area contributed by atoms with Gasteiger partial charge in [-0.2, -0.15) is 0 Å². The molecule has 0 aliphatic carbocycles. The fourth-order valence-corrected chi connectivity index (χ4v) is 2.23. The van der Waals surface area contributed by atoms with Crippen molar-refractivity contribution in [2.24, 2.45) is 0 Å². The Labute approximate surface area is 88.3 Å². The zero-order chi connectivity index (χ0) is 9.14. The first-order valence-electron chi connectivity index (χ1n) is 3.50. The highest BCUT2D eigenvalue weighted by molar-refractivity contribution is 9.10. The summed E-state index contributed by atoms with van der Waals surface area (Å²) >= 11 is 9.37. The van der Waals surface area contributed by atoms with Gasteiger partial charge in [0.25, 0.3) is 0 Å². The van der Waals surface area contributed by atoms with E-state index < -0.39 is 0 Å². The maximum atomic E-state index is 5.93. The van der Waals surface area contributed by atoms with Gasteiger partial charge in [0.1, 0.15) is 0 Å². The first kappa shape index (κ1) is 10.2. The van der Waals surface area contributed by atoms with Crippen molar-refractivity contribution < 1.29 is 0 Å². The highest BCUT2D eigenvalue weighted by Gasteiger charge is 2.05. The molecule has 0 saturated carbocycles. The van der Waals surface area contributed by atoms with E-state index in [1.165, 1.54) is 5.56 Å². The Morgan fingerprint density at radius 1 is 1.58 bits per heavy atom. The van der Waals surface area contributed by atoms with Crippen LogP contribution in [0.15, 0.2) is 29.3 Å². The molecule has 0 aliphatic heterocycles. The standard InChI is InChI=1S/C9H9BrClP/c1-2-3-6-8(12)5-4-7(11)9(6)10/h2,4-5H,1,3,12H2. The second-order valence-electron chi connectivity index (χ2n) is 2.42. The molecular weight excluding hydrogens is 254 g/mol. The van der Waals surface area contributed by atoms with Gasteiger partial charge in [0.05, 0.1) is 5.02 Å². The first-order chi connectivity index (χ1) is 5.66. The molecule has 0 aliphatic rings. The number of hydrogen-bond donors (Lipinski definition) is 0. The molecule has 1 rings (SSSR count). The molecular formula is C9H9BrClP. The largest absolute Gasteiger partial charge is 0.105 e. The van der Waals surface area contributed by atoms with Crippen LogP contribution < -0.4 is 5.30 Å². The summed E-state index contributed by atoms with van der Waals surface area (Å²) in [4.78, 5) is 0. The quantitative estimate of drug-likeness (QED) is 0.567. The van der Waals surface area contributed by atoms with Crippen LogP contribution in [-0.4, -0.2) is 0 Å². The molecule has 1 aromatic rings. The van der Waals surface area contributed by atoms with Crippen LogP contribution in [0.1, 0.15) is 5.56 Å². The topological polar surface area (TPSA) is 0 Å². The van der Waals surface area contributed by atoms with Crippen LogP contribution in [0.2, 0.25) is 5.02 Å². The minimum atomic E-state index is 0.748. The van der Waals surface area contributed by atoms with Crippen LogP contribution in [0.5, 0.6) is 0 Å². The Hall–Kier alpha value is 0.160. The van der Waals surface area contributed by atoms with E-state index in [-0.39, 0.29) is 0 Å². The van der Waals surface area contributed by atoms with Crippen molar-refractivity contribution in [2.75, 3.05) is 0 Å². The summed E-state index contributed by atoms with van der Waals surface area (Å²) in [6.45, 7) is 3.69. The van der Waals surface area contributed by atoms with Crippen molar-refractivity contribution in [3.8, 4) is 0 Å². The minimum absolute atomic E-state index is 0.748. The van der Waals surface area contributed by atoms with Crippen molar-refractivity contribution in [1.82, 2.24) is 0 Å². The molecule has 0 aromatic heterocycles. The number of rotatable bonds is 2. The van der Waals surface area contributed by atoms with Crippen LogP contribution >= 0.6 is 36.8 Å².